The SMILES string of the molecule is COc1cccc(NC(=O)CN(C(=O)c2cc(F)ccc2Br)c2ccccc2)c1. The van der Waals surface area contributed by atoms with Gasteiger partial charge in [0.1, 0.15) is 18.1 Å². The van der Waals surface area contributed by atoms with Gasteiger partial charge in [0.05, 0.1) is 12.7 Å². The van der Waals surface area contributed by atoms with Crippen molar-refractivity contribution in [2.75, 3.05) is 23.9 Å². The molecular formula is C22H18BrFN2O3. The van der Waals surface area contributed by atoms with Crippen molar-refractivity contribution in [2.24, 2.45) is 0 Å². The number of halogens is 2. The van der Waals surface area contributed by atoms with Crippen LogP contribution in [0.15, 0.2) is 77.3 Å². The van der Waals surface area contributed by atoms with Crippen LogP contribution in [0.2, 0.25) is 0 Å². The van der Waals surface area contributed by atoms with Gasteiger partial charge in [-0.25, -0.2) is 4.39 Å². The van der Waals surface area contributed by atoms with Crippen LogP contribution < -0.4 is 15.0 Å². The van der Waals surface area contributed by atoms with Gasteiger partial charge in [-0.15, -0.1) is 0 Å². The zero-order valence-corrected chi connectivity index (χ0v) is 17.1. The Labute approximate surface area is 176 Å². The van der Waals surface area contributed by atoms with E-state index < -0.39 is 17.6 Å². The molecule has 0 aliphatic rings. The van der Waals surface area contributed by atoms with Crippen molar-refractivity contribution >= 4 is 39.1 Å². The van der Waals surface area contributed by atoms with Crippen molar-refractivity contribution in [3.8, 4) is 5.75 Å². The molecule has 0 fully saturated rings. The third-order valence-corrected chi connectivity index (χ3v) is 4.82. The summed E-state index contributed by atoms with van der Waals surface area (Å²) < 4.78 is 19.3. The largest absolute Gasteiger partial charge is 0.497 e. The molecule has 0 aliphatic carbocycles. The van der Waals surface area contributed by atoms with Crippen molar-refractivity contribution in [3.05, 3.63) is 88.6 Å². The molecular weight excluding hydrogens is 439 g/mol. The summed E-state index contributed by atoms with van der Waals surface area (Å²) in [6, 6.07) is 19.5. The summed E-state index contributed by atoms with van der Waals surface area (Å²) in [6.07, 6.45) is 0. The highest BCUT2D eigenvalue weighted by Gasteiger charge is 2.23. The first kappa shape index (κ1) is 20.5. The topological polar surface area (TPSA) is 58.6 Å². The van der Waals surface area contributed by atoms with Gasteiger partial charge in [-0.3, -0.25) is 14.5 Å². The number of methoxy groups -OCH3 is 1. The lowest BCUT2D eigenvalue weighted by atomic mass is 10.1. The van der Waals surface area contributed by atoms with Gasteiger partial charge in [0.15, 0.2) is 0 Å². The first-order valence-electron chi connectivity index (χ1n) is 8.74. The summed E-state index contributed by atoms with van der Waals surface area (Å²) in [5.74, 6) is -0.834. The van der Waals surface area contributed by atoms with Gasteiger partial charge in [0.2, 0.25) is 5.91 Å². The highest BCUT2D eigenvalue weighted by atomic mass is 79.9. The van der Waals surface area contributed by atoms with Gasteiger partial charge in [0.25, 0.3) is 5.91 Å². The van der Waals surface area contributed by atoms with Crippen LogP contribution in [0.25, 0.3) is 0 Å². The molecule has 3 rings (SSSR count). The predicted molar refractivity (Wildman–Crippen MR) is 114 cm³/mol. The summed E-state index contributed by atoms with van der Waals surface area (Å²) in [6.45, 7) is -0.247. The first-order valence-corrected chi connectivity index (χ1v) is 9.53. The average Bonchev–Trinajstić information content (AvgIpc) is 2.74. The molecule has 0 aliphatic heterocycles. The van der Waals surface area contributed by atoms with Crippen molar-refractivity contribution in [1.82, 2.24) is 0 Å². The van der Waals surface area contributed by atoms with E-state index in [-0.39, 0.29) is 12.1 Å². The van der Waals surface area contributed by atoms with Crippen molar-refractivity contribution in [2.45, 2.75) is 0 Å². The van der Waals surface area contributed by atoms with E-state index in [4.69, 9.17) is 4.74 Å². The van der Waals surface area contributed by atoms with E-state index in [1.807, 2.05) is 0 Å². The standard InChI is InChI=1S/C22H18BrFN2O3/c1-29-18-9-5-6-16(13-18)25-21(27)14-26(17-7-3-2-4-8-17)22(28)19-12-15(24)10-11-20(19)23/h2-13H,14H2,1H3,(H,25,27). The van der Waals surface area contributed by atoms with E-state index in [2.05, 4.69) is 21.2 Å². The third kappa shape index (κ3) is 5.20. The summed E-state index contributed by atoms with van der Waals surface area (Å²) in [5, 5.41) is 2.75. The van der Waals surface area contributed by atoms with Crippen LogP contribution in [-0.2, 0) is 4.79 Å². The van der Waals surface area contributed by atoms with Crippen molar-refractivity contribution in [1.29, 1.82) is 0 Å². The zero-order valence-electron chi connectivity index (χ0n) is 15.6. The maximum atomic E-state index is 13.7. The Balaban J connectivity index is 1.87. The number of carbonyl (C=O) groups excluding carboxylic acids is 2. The number of carbonyl (C=O) groups is 2. The maximum absolute atomic E-state index is 13.7. The smallest absolute Gasteiger partial charge is 0.260 e. The molecule has 0 bridgehead atoms. The second-order valence-electron chi connectivity index (χ2n) is 6.13. The van der Waals surface area contributed by atoms with E-state index in [0.29, 0.717) is 21.6 Å². The molecule has 0 aromatic heterocycles. The van der Waals surface area contributed by atoms with Crippen LogP contribution in [-0.4, -0.2) is 25.5 Å². The van der Waals surface area contributed by atoms with E-state index in [0.717, 1.165) is 6.07 Å². The quantitative estimate of drug-likeness (QED) is 0.574. The fourth-order valence-corrected chi connectivity index (χ4v) is 3.16. The summed E-state index contributed by atoms with van der Waals surface area (Å²) in [7, 11) is 1.54. The highest BCUT2D eigenvalue weighted by molar-refractivity contribution is 9.10. The van der Waals surface area contributed by atoms with Gasteiger partial charge in [-0.2, -0.15) is 0 Å². The Kier molecular flexibility index (Phi) is 6.61. The molecule has 1 N–H and O–H groups in total. The number of benzene rings is 3. The Bertz CT molecular complexity index is 1030. The summed E-state index contributed by atoms with van der Waals surface area (Å²) in [5.41, 5.74) is 1.19. The van der Waals surface area contributed by atoms with Crippen LogP contribution in [0.1, 0.15) is 10.4 Å². The van der Waals surface area contributed by atoms with Crippen LogP contribution in [0.4, 0.5) is 15.8 Å². The summed E-state index contributed by atoms with van der Waals surface area (Å²) >= 11 is 3.28. The second-order valence-corrected chi connectivity index (χ2v) is 6.99. The number of anilines is 2. The molecule has 0 saturated carbocycles. The Morgan fingerprint density at radius 2 is 1.79 bits per heavy atom. The number of rotatable bonds is 6. The Morgan fingerprint density at radius 3 is 2.52 bits per heavy atom. The molecule has 2 amide bonds. The summed E-state index contributed by atoms with van der Waals surface area (Å²) in [4.78, 5) is 27.1. The number of amides is 2. The van der Waals surface area contributed by atoms with Crippen LogP contribution in [0, 0.1) is 5.82 Å². The fraction of sp³-hybridized carbons (Fsp3) is 0.0909. The van der Waals surface area contributed by atoms with Gasteiger partial charge >= 0.3 is 0 Å². The number of nitrogens with one attached hydrogen (secondary N) is 1. The first-order chi connectivity index (χ1) is 14.0. The fourth-order valence-electron chi connectivity index (χ4n) is 2.74. The number of nitrogens with zero attached hydrogens (tertiary/aromatic N) is 1. The minimum absolute atomic E-state index is 0.128. The second kappa shape index (κ2) is 9.34. The predicted octanol–water partition coefficient (Wildman–Crippen LogP) is 4.88. The van der Waals surface area contributed by atoms with E-state index in [9.17, 15) is 14.0 Å². The normalized spacial score (nSPS) is 10.3. The lowest BCUT2D eigenvalue weighted by Crippen LogP contribution is -2.38. The lowest BCUT2D eigenvalue weighted by Gasteiger charge is -2.23. The average molecular weight is 457 g/mol. The van der Waals surface area contributed by atoms with Crippen molar-refractivity contribution in [3.63, 3.8) is 0 Å². The molecule has 3 aromatic rings. The number of ether oxygens (including phenoxy) is 1. The molecule has 0 heterocycles. The number of para-hydroxylation sites is 1. The monoisotopic (exact) mass is 456 g/mol. The lowest BCUT2D eigenvalue weighted by molar-refractivity contribution is -0.114. The molecule has 29 heavy (non-hydrogen) atoms. The molecule has 0 atom stereocenters. The van der Waals surface area contributed by atoms with E-state index in [1.54, 1.807) is 54.6 Å². The zero-order chi connectivity index (χ0) is 20.8. The van der Waals surface area contributed by atoms with E-state index >= 15 is 0 Å². The van der Waals surface area contributed by atoms with Crippen LogP contribution in [0.3, 0.4) is 0 Å². The van der Waals surface area contributed by atoms with Crippen LogP contribution in [0.5, 0.6) is 5.75 Å². The van der Waals surface area contributed by atoms with Gasteiger partial charge < -0.3 is 10.1 Å². The number of hydrogen-bond donors (Lipinski definition) is 1. The molecule has 5 nitrogen and oxygen atoms in total. The molecule has 7 heteroatoms. The van der Waals surface area contributed by atoms with E-state index in [1.165, 1.54) is 24.1 Å². The van der Waals surface area contributed by atoms with Gasteiger partial charge in [0, 0.05) is 21.9 Å². The van der Waals surface area contributed by atoms with Gasteiger partial charge in [-0.05, 0) is 58.4 Å². The van der Waals surface area contributed by atoms with Crippen molar-refractivity contribution < 1.29 is 18.7 Å². The Morgan fingerprint density at radius 1 is 1.03 bits per heavy atom. The molecule has 0 radical (unpaired) electrons. The van der Waals surface area contributed by atoms with Crippen LogP contribution >= 0.6 is 15.9 Å². The highest BCUT2D eigenvalue weighted by Crippen LogP contribution is 2.23. The molecule has 3 aromatic carbocycles. The molecule has 0 saturated heterocycles. The Hall–Kier alpha value is -3.19. The number of hydrogen-bond acceptors (Lipinski definition) is 3. The molecule has 148 valence electrons. The van der Waals surface area contributed by atoms with Gasteiger partial charge in [-0.1, -0.05) is 24.3 Å². The maximum Gasteiger partial charge on any atom is 0.260 e. The minimum Gasteiger partial charge on any atom is -0.497 e. The minimum atomic E-state index is -0.537. The molecule has 0 spiro atoms. The third-order valence-electron chi connectivity index (χ3n) is 4.13. The molecule has 0 unspecified atom stereocenters.